The number of hydrogen-bond acceptors (Lipinski definition) is 0. The van der Waals surface area contributed by atoms with E-state index in [1.807, 2.05) is 0 Å². The maximum Gasteiger partial charge on any atom is -0.0279 e. The summed E-state index contributed by atoms with van der Waals surface area (Å²) in [4.78, 5) is 0. The molecule has 0 radical (unpaired) electrons. The Morgan fingerprint density at radius 3 is 2.62 bits per heavy atom. The second kappa shape index (κ2) is 2.25. The minimum Gasteiger partial charge on any atom is -0.0701 e. The zero-order valence-electron chi connectivity index (χ0n) is 5.41. The lowest BCUT2D eigenvalue weighted by molar-refractivity contribution is 0.627. The molecule has 1 rings (SSSR count). The topological polar surface area (TPSA) is 0 Å². The zero-order chi connectivity index (χ0) is 5.98. The molecule has 0 saturated heterocycles. The summed E-state index contributed by atoms with van der Waals surface area (Å²) in [7, 11) is 0. The lowest BCUT2D eigenvalue weighted by atomic mass is 9.87. The molecular formula is C8H12. The van der Waals surface area contributed by atoms with Crippen LogP contribution in [0.5, 0.6) is 0 Å². The van der Waals surface area contributed by atoms with Gasteiger partial charge in [-0.05, 0) is 38.2 Å². The van der Waals surface area contributed by atoms with E-state index in [4.69, 9.17) is 6.58 Å². The van der Waals surface area contributed by atoms with Gasteiger partial charge in [0, 0.05) is 0 Å². The van der Waals surface area contributed by atoms with Crippen molar-refractivity contribution in [1.29, 1.82) is 0 Å². The van der Waals surface area contributed by atoms with Gasteiger partial charge in [0.15, 0.2) is 0 Å². The third kappa shape index (κ3) is 1.06. The second-order valence-electron chi connectivity index (χ2n) is 2.51. The van der Waals surface area contributed by atoms with Crippen LogP contribution in [0.1, 0.15) is 32.6 Å². The van der Waals surface area contributed by atoms with Crippen LogP contribution in [-0.4, -0.2) is 0 Å². The van der Waals surface area contributed by atoms with E-state index in [2.05, 4.69) is 6.92 Å². The van der Waals surface area contributed by atoms with Gasteiger partial charge in [0.05, 0.1) is 0 Å². The summed E-state index contributed by atoms with van der Waals surface area (Å²) in [5, 5.41) is 0. The Morgan fingerprint density at radius 1 is 1.50 bits per heavy atom. The lowest BCUT2D eigenvalue weighted by Gasteiger charge is -2.19. The quantitative estimate of drug-likeness (QED) is 0.418. The summed E-state index contributed by atoms with van der Waals surface area (Å²) in [6.45, 7) is 7.79. The van der Waals surface area contributed by atoms with E-state index in [0.717, 1.165) is 12.0 Å². The highest BCUT2D eigenvalue weighted by atomic mass is 14.2. The molecule has 0 amide bonds. The average molecular weight is 108 g/mol. The summed E-state index contributed by atoms with van der Waals surface area (Å²) in [6.07, 6.45) is 4.99. The first kappa shape index (κ1) is 5.74. The van der Waals surface area contributed by atoms with E-state index in [1.54, 1.807) is 0 Å². The van der Waals surface area contributed by atoms with Crippen LogP contribution in [0.2, 0.25) is 0 Å². The minimum atomic E-state index is 1.13. The third-order valence-corrected chi connectivity index (χ3v) is 1.80. The number of allylic oxidation sites excluding steroid dienone is 1. The Hall–Kier alpha value is -0.390. The van der Waals surface area contributed by atoms with Crippen molar-refractivity contribution in [2.24, 2.45) is 0 Å². The molecule has 0 aromatic carbocycles. The van der Waals surface area contributed by atoms with Crippen LogP contribution in [0, 0.1) is 12.5 Å². The number of rotatable bonds is 0. The Labute approximate surface area is 51.6 Å². The normalized spacial score (nSPS) is 21.6. The molecule has 0 aliphatic heterocycles. The smallest absolute Gasteiger partial charge is 0.0279 e. The van der Waals surface area contributed by atoms with Crippen LogP contribution >= 0.6 is 0 Å². The molecule has 1 saturated carbocycles. The molecular weight excluding hydrogens is 96.1 g/mol. The van der Waals surface area contributed by atoms with Gasteiger partial charge in [0.1, 0.15) is 0 Å². The Bertz CT molecular complexity index is 92.2. The Kier molecular flexibility index (Phi) is 1.62. The van der Waals surface area contributed by atoms with Crippen LogP contribution < -0.4 is 0 Å². The van der Waals surface area contributed by atoms with Gasteiger partial charge in [-0.2, -0.15) is 0 Å². The van der Waals surface area contributed by atoms with E-state index in [-0.39, 0.29) is 0 Å². The van der Waals surface area contributed by atoms with Crippen LogP contribution in [0.4, 0.5) is 0 Å². The SMILES string of the molecule is [CH-]=C1CCCC[C+]1C. The predicted molar refractivity (Wildman–Crippen MR) is 35.2 cm³/mol. The molecule has 0 atom stereocenters. The molecule has 8 heavy (non-hydrogen) atoms. The molecule has 1 aliphatic carbocycles. The molecule has 0 heterocycles. The molecule has 0 nitrogen and oxygen atoms in total. The third-order valence-electron chi connectivity index (χ3n) is 1.80. The maximum absolute atomic E-state index is 5.66. The molecule has 1 aliphatic rings. The van der Waals surface area contributed by atoms with Gasteiger partial charge >= 0.3 is 0 Å². The van der Waals surface area contributed by atoms with Crippen molar-refractivity contribution in [3.63, 3.8) is 0 Å². The second-order valence-corrected chi connectivity index (χ2v) is 2.51. The van der Waals surface area contributed by atoms with Crippen LogP contribution in [0.25, 0.3) is 0 Å². The first-order chi connectivity index (χ1) is 3.80. The Balaban J connectivity index is 2.39. The van der Waals surface area contributed by atoms with Crippen molar-refractivity contribution in [2.75, 3.05) is 0 Å². The standard InChI is InChI=1S/C8H12/c1-7-5-3-4-6-8(7)2/h1H,3-6H2,2H3. The minimum absolute atomic E-state index is 1.13. The molecule has 0 spiro atoms. The summed E-state index contributed by atoms with van der Waals surface area (Å²) in [5.74, 6) is 1.41. The van der Waals surface area contributed by atoms with E-state index in [9.17, 15) is 0 Å². The fourth-order valence-electron chi connectivity index (χ4n) is 1.08. The molecule has 44 valence electrons. The van der Waals surface area contributed by atoms with Gasteiger partial charge in [-0.1, -0.05) is 12.5 Å². The fraction of sp³-hybridized carbons (Fsp3) is 0.625. The van der Waals surface area contributed by atoms with Crippen LogP contribution in [0.3, 0.4) is 0 Å². The zero-order valence-corrected chi connectivity index (χ0v) is 5.41. The Morgan fingerprint density at radius 2 is 2.25 bits per heavy atom. The van der Waals surface area contributed by atoms with E-state index in [1.165, 1.54) is 25.2 Å². The summed E-state index contributed by atoms with van der Waals surface area (Å²) < 4.78 is 0. The van der Waals surface area contributed by atoms with Crippen molar-refractivity contribution in [3.05, 3.63) is 18.1 Å². The highest BCUT2D eigenvalue weighted by Crippen LogP contribution is 2.28. The van der Waals surface area contributed by atoms with Crippen molar-refractivity contribution in [2.45, 2.75) is 32.6 Å². The summed E-state index contributed by atoms with van der Waals surface area (Å²) in [6, 6.07) is 0. The lowest BCUT2D eigenvalue weighted by Crippen LogP contribution is -2.01. The van der Waals surface area contributed by atoms with Crippen LogP contribution in [-0.2, 0) is 0 Å². The first-order valence-corrected chi connectivity index (χ1v) is 3.25. The van der Waals surface area contributed by atoms with E-state index in [0.29, 0.717) is 0 Å². The molecule has 0 bridgehead atoms. The number of hydrogen-bond donors (Lipinski definition) is 0. The van der Waals surface area contributed by atoms with Gasteiger partial charge in [-0.3, -0.25) is 0 Å². The monoisotopic (exact) mass is 108 g/mol. The molecule has 0 heteroatoms. The molecule has 1 fully saturated rings. The van der Waals surface area contributed by atoms with Gasteiger partial charge in [0.2, 0.25) is 0 Å². The summed E-state index contributed by atoms with van der Waals surface area (Å²) in [5.41, 5.74) is 1.14. The largest absolute Gasteiger partial charge is 0.0701 e. The highest BCUT2D eigenvalue weighted by molar-refractivity contribution is 5.18. The van der Waals surface area contributed by atoms with Crippen molar-refractivity contribution >= 4 is 0 Å². The van der Waals surface area contributed by atoms with Gasteiger partial charge in [-0.15, -0.1) is 0 Å². The molecule has 0 aromatic rings. The maximum atomic E-state index is 5.66. The van der Waals surface area contributed by atoms with E-state index < -0.39 is 0 Å². The van der Waals surface area contributed by atoms with Crippen molar-refractivity contribution in [1.82, 2.24) is 0 Å². The highest BCUT2D eigenvalue weighted by Gasteiger charge is 2.10. The van der Waals surface area contributed by atoms with Gasteiger partial charge in [-0.25, -0.2) is 0 Å². The molecule has 0 aromatic heterocycles. The van der Waals surface area contributed by atoms with Crippen molar-refractivity contribution in [3.8, 4) is 0 Å². The van der Waals surface area contributed by atoms with Gasteiger partial charge < -0.3 is 0 Å². The predicted octanol–water partition coefficient (Wildman–Crippen LogP) is 2.51. The van der Waals surface area contributed by atoms with Gasteiger partial charge in [0.25, 0.3) is 0 Å². The fourth-order valence-corrected chi connectivity index (χ4v) is 1.08. The summed E-state index contributed by atoms with van der Waals surface area (Å²) >= 11 is 0. The van der Waals surface area contributed by atoms with Crippen molar-refractivity contribution < 1.29 is 0 Å². The van der Waals surface area contributed by atoms with E-state index >= 15 is 0 Å². The molecule has 0 N–H and O–H groups in total. The average Bonchev–Trinajstić information content (AvgIpc) is 1.77. The first-order valence-electron chi connectivity index (χ1n) is 3.25. The van der Waals surface area contributed by atoms with Crippen LogP contribution in [0.15, 0.2) is 5.57 Å². The molecule has 0 unspecified atom stereocenters.